The van der Waals surface area contributed by atoms with Gasteiger partial charge in [-0.15, -0.1) is 0 Å². The summed E-state index contributed by atoms with van der Waals surface area (Å²) < 4.78 is 13.8. The second-order valence-corrected chi connectivity index (χ2v) is 12.0. The molecule has 262 valence electrons. The van der Waals surface area contributed by atoms with Gasteiger partial charge in [0.15, 0.2) is 5.78 Å². The number of H-pyrrole nitrogens is 2. The van der Waals surface area contributed by atoms with Crippen molar-refractivity contribution in [2.24, 2.45) is 0 Å². The topological polar surface area (TPSA) is 151 Å². The first-order valence-electron chi connectivity index (χ1n) is 16.1. The summed E-state index contributed by atoms with van der Waals surface area (Å²) in [5.41, 5.74) is 3.59. The van der Waals surface area contributed by atoms with E-state index in [0.717, 1.165) is 48.8 Å². The Kier molecular flexibility index (Phi) is 11.5. The summed E-state index contributed by atoms with van der Waals surface area (Å²) in [6.45, 7) is 7.35. The van der Waals surface area contributed by atoms with E-state index in [4.69, 9.17) is 9.47 Å². The number of Topliss-reactive ketones (excluding diaryl/α,β-unsaturated/α-hetero) is 1. The highest BCUT2D eigenvalue weighted by atomic mass is 16.5. The van der Waals surface area contributed by atoms with Crippen molar-refractivity contribution < 1.29 is 14.3 Å². The number of aromatic nitrogens is 6. The van der Waals surface area contributed by atoms with Gasteiger partial charge in [0.2, 0.25) is 0 Å². The van der Waals surface area contributed by atoms with E-state index in [1.807, 2.05) is 71.3 Å². The molecule has 0 aliphatic carbocycles. The third kappa shape index (κ3) is 7.66. The van der Waals surface area contributed by atoms with Gasteiger partial charge in [-0.3, -0.25) is 28.1 Å². The molecular weight excluding hydrogens is 636 g/mol. The second-order valence-electron chi connectivity index (χ2n) is 12.0. The SMILES string of the molecule is C.CC(=O)c1cn2c(-c3ccccc3)ncc2c(=O)[nH]1.COC1CN(C(C)c2cn3c(-c4ccccc4)ncc3c(=O)[nH]2)C1.COC1CNC1. The zero-order valence-corrected chi connectivity index (χ0v) is 27.9. The highest BCUT2D eigenvalue weighted by Gasteiger charge is 2.31. The minimum atomic E-state index is -0.317. The summed E-state index contributed by atoms with van der Waals surface area (Å²) in [5.74, 6) is 1.24. The van der Waals surface area contributed by atoms with Gasteiger partial charge in [0.25, 0.3) is 11.1 Å². The molecule has 0 saturated carbocycles. The highest BCUT2D eigenvalue weighted by molar-refractivity contribution is 5.92. The van der Waals surface area contributed by atoms with Crippen molar-refractivity contribution in [3.8, 4) is 22.8 Å². The van der Waals surface area contributed by atoms with E-state index in [9.17, 15) is 14.4 Å². The standard InChI is InChI=1S/C18H20N4O2.C14H11N3O2.C4H9NO.CH4/c1-12(21-9-14(10-21)24-2)15-11-22-16(18(23)20-15)8-19-17(22)13-6-4-3-5-7-13;1-9(18)11-8-17-12(14(19)16-11)7-15-13(17)10-5-3-2-4-6-10;1-6-4-2-5-3-4;/h3-8,11-12,14H,9-10H2,1-2H3,(H,20,23);2-8H,1H3,(H,16,19);4-5H,2-3H2,1H3;1H4. The number of benzene rings is 2. The first-order chi connectivity index (χ1) is 23.8. The number of imidazole rings is 2. The molecule has 2 aliphatic heterocycles. The van der Waals surface area contributed by atoms with Gasteiger partial charge in [-0.25, -0.2) is 9.97 Å². The molecular formula is C37H44N8O5. The fourth-order valence-corrected chi connectivity index (χ4v) is 5.59. The fourth-order valence-electron chi connectivity index (χ4n) is 5.59. The molecule has 0 radical (unpaired) electrons. The lowest BCUT2D eigenvalue weighted by Gasteiger charge is -2.42. The molecule has 2 aliphatic rings. The number of ether oxygens (including phenoxy) is 2. The Bertz CT molecular complexity index is 2140. The summed E-state index contributed by atoms with van der Waals surface area (Å²) in [7, 11) is 3.48. The van der Waals surface area contributed by atoms with Crippen LogP contribution < -0.4 is 16.4 Å². The Labute approximate surface area is 289 Å². The van der Waals surface area contributed by atoms with Crippen LogP contribution in [-0.4, -0.2) is 92.0 Å². The van der Waals surface area contributed by atoms with Crippen LogP contribution in [-0.2, 0) is 9.47 Å². The van der Waals surface area contributed by atoms with Gasteiger partial charge in [-0.05, 0) is 6.92 Å². The van der Waals surface area contributed by atoms with Crippen LogP contribution in [0.4, 0.5) is 0 Å². The van der Waals surface area contributed by atoms with Crippen molar-refractivity contribution in [2.45, 2.75) is 39.5 Å². The predicted octanol–water partition coefficient (Wildman–Crippen LogP) is 4.21. The maximum absolute atomic E-state index is 12.4. The molecule has 2 aromatic carbocycles. The number of fused-ring (bicyclic) bond motifs is 2. The maximum atomic E-state index is 12.4. The lowest BCUT2D eigenvalue weighted by molar-refractivity contribution is -0.0487. The van der Waals surface area contributed by atoms with Gasteiger partial charge >= 0.3 is 0 Å². The Hall–Kier alpha value is -5.21. The molecule has 2 fully saturated rings. The number of carbonyl (C=O) groups is 1. The van der Waals surface area contributed by atoms with Crippen molar-refractivity contribution in [1.29, 1.82) is 0 Å². The minimum Gasteiger partial charge on any atom is -0.379 e. The summed E-state index contributed by atoms with van der Waals surface area (Å²) in [6, 6.07) is 19.5. The third-order valence-corrected chi connectivity index (χ3v) is 8.82. The Morgan fingerprint density at radius 1 is 0.780 bits per heavy atom. The number of likely N-dealkylation sites (tertiary alicyclic amines) is 1. The lowest BCUT2D eigenvalue weighted by Crippen LogP contribution is -2.52. The van der Waals surface area contributed by atoms with Gasteiger partial charge in [0, 0.05) is 76.9 Å². The Balaban J connectivity index is 0.000000167. The molecule has 13 nitrogen and oxygen atoms in total. The number of methoxy groups -OCH3 is 2. The molecule has 1 atom stereocenters. The van der Waals surface area contributed by atoms with Crippen LogP contribution >= 0.6 is 0 Å². The number of ketones is 1. The largest absolute Gasteiger partial charge is 0.379 e. The molecule has 6 aromatic rings. The molecule has 3 N–H and O–H groups in total. The zero-order chi connectivity index (χ0) is 34.5. The van der Waals surface area contributed by atoms with Crippen LogP contribution in [0.15, 0.2) is 95.0 Å². The molecule has 1 unspecified atom stereocenters. The lowest BCUT2D eigenvalue weighted by atomic mass is 10.1. The third-order valence-electron chi connectivity index (χ3n) is 8.82. The van der Waals surface area contributed by atoms with Crippen molar-refractivity contribution in [3.63, 3.8) is 0 Å². The van der Waals surface area contributed by atoms with E-state index >= 15 is 0 Å². The van der Waals surface area contributed by atoms with E-state index in [0.29, 0.717) is 23.0 Å². The van der Waals surface area contributed by atoms with Gasteiger partial charge in [-0.1, -0.05) is 68.1 Å². The van der Waals surface area contributed by atoms with E-state index in [1.54, 1.807) is 31.0 Å². The molecule has 50 heavy (non-hydrogen) atoms. The summed E-state index contributed by atoms with van der Waals surface area (Å²) >= 11 is 0. The van der Waals surface area contributed by atoms with Gasteiger partial charge in [0.1, 0.15) is 28.4 Å². The monoisotopic (exact) mass is 680 g/mol. The van der Waals surface area contributed by atoms with Crippen LogP contribution in [0.1, 0.15) is 43.5 Å². The number of nitrogens with one attached hydrogen (secondary N) is 3. The first kappa shape index (κ1) is 36.1. The van der Waals surface area contributed by atoms with Gasteiger partial charge in [0.05, 0.1) is 30.3 Å². The van der Waals surface area contributed by atoms with Crippen LogP contribution in [0.2, 0.25) is 0 Å². The van der Waals surface area contributed by atoms with Crippen LogP contribution in [0.5, 0.6) is 0 Å². The average molecular weight is 681 g/mol. The van der Waals surface area contributed by atoms with E-state index in [-0.39, 0.29) is 42.2 Å². The first-order valence-corrected chi connectivity index (χ1v) is 16.1. The zero-order valence-electron chi connectivity index (χ0n) is 27.9. The van der Waals surface area contributed by atoms with Crippen molar-refractivity contribution in [1.82, 2.24) is 39.0 Å². The molecule has 0 amide bonds. The normalized spacial score (nSPS) is 15.1. The number of aromatic amines is 2. The number of nitrogens with zero attached hydrogens (tertiary/aromatic N) is 5. The van der Waals surface area contributed by atoms with Crippen molar-refractivity contribution in [2.75, 3.05) is 40.4 Å². The number of rotatable bonds is 7. The summed E-state index contributed by atoms with van der Waals surface area (Å²) in [6.07, 6.45) is 7.51. The molecule has 13 heteroatoms. The molecule has 4 aromatic heterocycles. The van der Waals surface area contributed by atoms with Crippen LogP contribution in [0, 0.1) is 0 Å². The molecule has 0 spiro atoms. The summed E-state index contributed by atoms with van der Waals surface area (Å²) in [4.78, 5) is 52.3. The fraction of sp³-hybridized carbons (Fsp3) is 0.324. The molecule has 0 bridgehead atoms. The van der Waals surface area contributed by atoms with Gasteiger partial charge in [-0.2, -0.15) is 0 Å². The Morgan fingerprint density at radius 3 is 1.72 bits per heavy atom. The Morgan fingerprint density at radius 2 is 1.28 bits per heavy atom. The van der Waals surface area contributed by atoms with Crippen molar-refractivity contribution >= 4 is 16.8 Å². The number of hydrogen-bond acceptors (Lipinski definition) is 9. The summed E-state index contributed by atoms with van der Waals surface area (Å²) in [5, 5.41) is 3.09. The molecule has 2 saturated heterocycles. The van der Waals surface area contributed by atoms with Crippen LogP contribution in [0.3, 0.4) is 0 Å². The number of hydrogen-bond donors (Lipinski definition) is 3. The van der Waals surface area contributed by atoms with Gasteiger partial charge < -0.3 is 24.8 Å². The van der Waals surface area contributed by atoms with Crippen LogP contribution in [0.25, 0.3) is 33.8 Å². The van der Waals surface area contributed by atoms with E-state index in [2.05, 4.69) is 37.1 Å². The number of carbonyl (C=O) groups excluding carboxylic acids is 1. The minimum absolute atomic E-state index is 0. The van der Waals surface area contributed by atoms with E-state index in [1.165, 1.54) is 13.1 Å². The van der Waals surface area contributed by atoms with Crippen molar-refractivity contribution in [3.05, 3.63) is 118 Å². The molecule has 8 rings (SSSR count). The smallest absolute Gasteiger partial charge is 0.274 e. The molecule has 6 heterocycles. The maximum Gasteiger partial charge on any atom is 0.274 e. The van der Waals surface area contributed by atoms with E-state index < -0.39 is 0 Å². The highest BCUT2D eigenvalue weighted by Crippen LogP contribution is 2.26. The predicted molar refractivity (Wildman–Crippen MR) is 194 cm³/mol. The quantitative estimate of drug-likeness (QED) is 0.211. The average Bonchev–Trinajstić information content (AvgIpc) is 3.71. The second kappa shape index (κ2) is 16.0.